The van der Waals surface area contributed by atoms with Crippen molar-refractivity contribution in [1.29, 1.82) is 0 Å². The summed E-state index contributed by atoms with van der Waals surface area (Å²) in [6, 6.07) is 23.6. The minimum Gasteiger partial charge on any atom is -0.338 e. The van der Waals surface area contributed by atoms with E-state index in [2.05, 4.69) is 5.32 Å². The number of likely N-dealkylation sites (tertiary alicyclic amines) is 1. The van der Waals surface area contributed by atoms with Gasteiger partial charge < -0.3 is 9.80 Å². The zero-order valence-corrected chi connectivity index (χ0v) is 19.9. The molecule has 5 nitrogen and oxygen atoms in total. The predicted octanol–water partition coefficient (Wildman–Crippen LogP) is 4.31. The molecule has 0 radical (unpaired) electrons. The van der Waals surface area contributed by atoms with Gasteiger partial charge in [0.1, 0.15) is 5.82 Å². The van der Waals surface area contributed by atoms with Crippen molar-refractivity contribution in [3.63, 3.8) is 0 Å². The molecule has 1 N–H and O–H groups in total. The normalized spacial score (nSPS) is 19.4. The summed E-state index contributed by atoms with van der Waals surface area (Å²) in [6.45, 7) is 3.53. The minimum atomic E-state index is -0.533. The summed E-state index contributed by atoms with van der Waals surface area (Å²) >= 11 is 0. The van der Waals surface area contributed by atoms with E-state index in [-0.39, 0.29) is 23.7 Å². The van der Waals surface area contributed by atoms with Crippen LogP contribution in [-0.4, -0.2) is 46.4 Å². The van der Waals surface area contributed by atoms with Gasteiger partial charge in [0.25, 0.3) is 5.91 Å². The van der Waals surface area contributed by atoms with E-state index in [0.29, 0.717) is 44.5 Å². The first-order valence-corrected chi connectivity index (χ1v) is 12.2. The number of hydrogen-bond donors (Lipinski definition) is 1. The molecule has 2 amide bonds. The van der Waals surface area contributed by atoms with Crippen LogP contribution in [0.1, 0.15) is 39.9 Å². The lowest BCUT2D eigenvalue weighted by molar-refractivity contribution is -0.134. The quantitative estimate of drug-likeness (QED) is 0.603. The van der Waals surface area contributed by atoms with Crippen LogP contribution in [0.25, 0.3) is 0 Å². The highest BCUT2D eigenvalue weighted by Crippen LogP contribution is 2.35. The van der Waals surface area contributed by atoms with Gasteiger partial charge in [-0.05, 0) is 48.7 Å². The highest BCUT2D eigenvalue weighted by atomic mass is 19.1. The molecule has 180 valence electrons. The van der Waals surface area contributed by atoms with Crippen LogP contribution in [0.3, 0.4) is 0 Å². The van der Waals surface area contributed by atoms with Gasteiger partial charge in [-0.25, -0.2) is 4.39 Å². The molecule has 0 unspecified atom stereocenters. The van der Waals surface area contributed by atoms with Gasteiger partial charge in [0.15, 0.2) is 0 Å². The highest BCUT2D eigenvalue weighted by Gasteiger charge is 2.51. The maximum absolute atomic E-state index is 13.6. The molecule has 2 aliphatic heterocycles. The molecular formula is C29H30FN3O2. The Bertz CT molecular complexity index is 1190. The van der Waals surface area contributed by atoms with Crippen LogP contribution < -0.4 is 5.32 Å². The van der Waals surface area contributed by atoms with Gasteiger partial charge in [-0.2, -0.15) is 0 Å². The third-order valence-corrected chi connectivity index (χ3v) is 7.24. The Hall–Kier alpha value is -3.51. The molecule has 0 bridgehead atoms. The number of amides is 2. The number of carbonyl (C=O) groups excluding carboxylic acids is 2. The van der Waals surface area contributed by atoms with Crippen molar-refractivity contribution in [3.8, 4) is 0 Å². The SMILES string of the molecule is Cc1ccc(C(=O)N2CCC3(CC2)N[C@H](Cc2ccccc2)C(=O)N3Cc2ccc(F)cc2)cc1. The van der Waals surface area contributed by atoms with Crippen LogP contribution in [-0.2, 0) is 17.8 Å². The van der Waals surface area contributed by atoms with E-state index in [9.17, 15) is 14.0 Å². The van der Waals surface area contributed by atoms with E-state index in [4.69, 9.17) is 0 Å². The van der Waals surface area contributed by atoms with E-state index < -0.39 is 5.66 Å². The van der Waals surface area contributed by atoms with Crippen molar-refractivity contribution in [2.45, 2.75) is 44.4 Å². The largest absolute Gasteiger partial charge is 0.338 e. The van der Waals surface area contributed by atoms with E-state index in [1.165, 1.54) is 12.1 Å². The number of piperidine rings is 1. The standard InChI is InChI=1S/C29H30FN3O2/c1-21-7-11-24(12-8-21)27(34)32-17-15-29(16-18-32)31-26(19-22-5-3-2-4-6-22)28(35)33(29)20-23-9-13-25(30)14-10-23/h2-14,26,31H,15-20H2,1H3/t26-/m1/s1. The summed E-state index contributed by atoms with van der Waals surface area (Å²) in [7, 11) is 0. The summed E-state index contributed by atoms with van der Waals surface area (Å²) in [6.07, 6.45) is 1.89. The zero-order chi connectivity index (χ0) is 24.4. The Morgan fingerprint density at radius 1 is 0.943 bits per heavy atom. The number of hydrogen-bond acceptors (Lipinski definition) is 3. The zero-order valence-electron chi connectivity index (χ0n) is 19.9. The van der Waals surface area contributed by atoms with Crippen molar-refractivity contribution >= 4 is 11.8 Å². The van der Waals surface area contributed by atoms with E-state index in [1.807, 2.05) is 71.3 Å². The summed E-state index contributed by atoms with van der Waals surface area (Å²) in [5.41, 5.74) is 3.26. The summed E-state index contributed by atoms with van der Waals surface area (Å²) in [5.74, 6) is -0.217. The Balaban J connectivity index is 1.36. The Kier molecular flexibility index (Phi) is 6.39. The van der Waals surface area contributed by atoms with Crippen molar-refractivity contribution in [2.75, 3.05) is 13.1 Å². The van der Waals surface area contributed by atoms with Crippen LogP contribution in [0.4, 0.5) is 4.39 Å². The fourth-order valence-corrected chi connectivity index (χ4v) is 5.23. The molecule has 6 heteroatoms. The van der Waals surface area contributed by atoms with Gasteiger partial charge in [-0.3, -0.25) is 14.9 Å². The first-order valence-electron chi connectivity index (χ1n) is 12.2. The van der Waals surface area contributed by atoms with Crippen molar-refractivity contribution in [3.05, 3.63) is 107 Å². The number of benzene rings is 3. The van der Waals surface area contributed by atoms with Gasteiger partial charge >= 0.3 is 0 Å². The molecule has 1 spiro atoms. The Morgan fingerprint density at radius 3 is 2.26 bits per heavy atom. The van der Waals surface area contributed by atoms with Gasteiger partial charge in [0, 0.05) is 38.0 Å². The second-order valence-corrected chi connectivity index (χ2v) is 9.63. The monoisotopic (exact) mass is 471 g/mol. The molecule has 0 aliphatic carbocycles. The second kappa shape index (κ2) is 9.62. The lowest BCUT2D eigenvalue weighted by Gasteiger charge is -2.44. The Morgan fingerprint density at radius 2 is 1.60 bits per heavy atom. The number of aryl methyl sites for hydroxylation is 1. The second-order valence-electron chi connectivity index (χ2n) is 9.63. The van der Waals surface area contributed by atoms with Gasteiger partial charge in [-0.1, -0.05) is 60.2 Å². The lowest BCUT2D eigenvalue weighted by atomic mass is 9.94. The molecule has 35 heavy (non-hydrogen) atoms. The molecule has 2 fully saturated rings. The third kappa shape index (κ3) is 4.84. The van der Waals surface area contributed by atoms with E-state index in [1.54, 1.807) is 12.1 Å². The molecule has 2 heterocycles. The minimum absolute atomic E-state index is 0.0232. The van der Waals surface area contributed by atoms with Gasteiger partial charge in [-0.15, -0.1) is 0 Å². The van der Waals surface area contributed by atoms with Crippen LogP contribution in [0.2, 0.25) is 0 Å². The molecule has 0 saturated carbocycles. The van der Waals surface area contributed by atoms with Crippen LogP contribution in [0, 0.1) is 12.7 Å². The molecule has 3 aromatic carbocycles. The lowest BCUT2D eigenvalue weighted by Crippen LogP contribution is -2.59. The Labute approximate surface area is 205 Å². The van der Waals surface area contributed by atoms with Crippen LogP contribution >= 0.6 is 0 Å². The van der Waals surface area contributed by atoms with Crippen molar-refractivity contribution in [1.82, 2.24) is 15.1 Å². The van der Waals surface area contributed by atoms with Crippen molar-refractivity contribution in [2.24, 2.45) is 0 Å². The highest BCUT2D eigenvalue weighted by molar-refractivity contribution is 5.94. The smallest absolute Gasteiger partial charge is 0.253 e. The fourth-order valence-electron chi connectivity index (χ4n) is 5.23. The van der Waals surface area contributed by atoms with E-state index in [0.717, 1.165) is 16.7 Å². The number of nitrogens with one attached hydrogen (secondary N) is 1. The first-order chi connectivity index (χ1) is 16.9. The fraction of sp³-hybridized carbons (Fsp3) is 0.310. The molecule has 2 aliphatic rings. The topological polar surface area (TPSA) is 52.7 Å². The number of halogens is 1. The molecule has 1 atom stereocenters. The van der Waals surface area contributed by atoms with E-state index >= 15 is 0 Å². The summed E-state index contributed by atoms with van der Waals surface area (Å²) in [5, 5.41) is 3.66. The van der Waals surface area contributed by atoms with Crippen molar-refractivity contribution < 1.29 is 14.0 Å². The molecule has 2 saturated heterocycles. The number of rotatable bonds is 5. The first kappa shape index (κ1) is 23.2. The number of nitrogens with zero attached hydrogens (tertiary/aromatic N) is 2. The van der Waals surface area contributed by atoms with Gasteiger partial charge in [0.2, 0.25) is 5.91 Å². The average molecular weight is 472 g/mol. The molecule has 0 aromatic heterocycles. The maximum atomic E-state index is 13.6. The predicted molar refractivity (Wildman–Crippen MR) is 133 cm³/mol. The van der Waals surface area contributed by atoms with Gasteiger partial charge in [0.05, 0.1) is 11.7 Å². The maximum Gasteiger partial charge on any atom is 0.253 e. The number of carbonyl (C=O) groups is 2. The average Bonchev–Trinajstić information content (AvgIpc) is 3.11. The molecular weight excluding hydrogens is 441 g/mol. The molecule has 3 aromatic rings. The summed E-state index contributed by atoms with van der Waals surface area (Å²) in [4.78, 5) is 30.5. The third-order valence-electron chi connectivity index (χ3n) is 7.24. The summed E-state index contributed by atoms with van der Waals surface area (Å²) < 4.78 is 13.5. The van der Waals surface area contributed by atoms with Crippen LogP contribution in [0.15, 0.2) is 78.9 Å². The van der Waals surface area contributed by atoms with Crippen LogP contribution in [0.5, 0.6) is 0 Å². The molecule has 5 rings (SSSR count).